The van der Waals surface area contributed by atoms with Gasteiger partial charge in [0.1, 0.15) is 18.0 Å². The van der Waals surface area contributed by atoms with Gasteiger partial charge in [0.05, 0.1) is 6.61 Å². The molecular formula is C20H27N5O2. The third-order valence-electron chi connectivity index (χ3n) is 4.53. The Hall–Kier alpha value is -2.83. The number of piperidine rings is 1. The summed E-state index contributed by atoms with van der Waals surface area (Å²) in [7, 11) is 0. The Labute approximate surface area is 160 Å². The lowest BCUT2D eigenvalue weighted by atomic mass is 10.1. The van der Waals surface area contributed by atoms with Crippen LogP contribution in [0, 0.1) is 13.8 Å². The van der Waals surface area contributed by atoms with E-state index in [1.54, 1.807) is 11.2 Å². The van der Waals surface area contributed by atoms with Crippen LogP contribution >= 0.6 is 0 Å². The molecule has 2 heterocycles. The highest BCUT2D eigenvalue weighted by molar-refractivity contribution is 5.67. The number of ether oxygens (including phenoxy) is 1. The van der Waals surface area contributed by atoms with Crippen LogP contribution in [0.3, 0.4) is 0 Å². The molecule has 0 unspecified atom stereocenters. The van der Waals surface area contributed by atoms with Gasteiger partial charge in [0.15, 0.2) is 0 Å². The molecule has 3 rings (SSSR count). The predicted octanol–water partition coefficient (Wildman–Crippen LogP) is 3.87. The number of rotatable bonds is 5. The van der Waals surface area contributed by atoms with Gasteiger partial charge in [-0.1, -0.05) is 6.07 Å². The normalized spacial score (nSPS) is 14.7. The van der Waals surface area contributed by atoms with Crippen LogP contribution in [0.1, 0.15) is 30.9 Å². The van der Waals surface area contributed by atoms with Crippen LogP contribution in [0.5, 0.6) is 0 Å². The Kier molecular flexibility index (Phi) is 6.11. The van der Waals surface area contributed by atoms with Crippen LogP contribution in [0.15, 0.2) is 30.6 Å². The fraction of sp³-hybridized carbons (Fsp3) is 0.450. The maximum Gasteiger partial charge on any atom is 0.409 e. The Balaban J connectivity index is 1.57. The Morgan fingerprint density at radius 3 is 2.44 bits per heavy atom. The van der Waals surface area contributed by atoms with Crippen LogP contribution in [0.25, 0.3) is 0 Å². The van der Waals surface area contributed by atoms with Crippen LogP contribution < -0.4 is 10.6 Å². The number of nitrogens with zero attached hydrogens (tertiary/aromatic N) is 3. The van der Waals surface area contributed by atoms with E-state index in [1.807, 2.05) is 13.0 Å². The largest absolute Gasteiger partial charge is 0.450 e. The Bertz CT molecular complexity index is 767. The highest BCUT2D eigenvalue weighted by Gasteiger charge is 2.23. The third kappa shape index (κ3) is 5.32. The third-order valence-corrected chi connectivity index (χ3v) is 4.53. The molecule has 1 aromatic carbocycles. The molecule has 7 heteroatoms. The second kappa shape index (κ2) is 8.70. The van der Waals surface area contributed by atoms with E-state index in [4.69, 9.17) is 4.74 Å². The molecule has 1 fully saturated rings. The first-order chi connectivity index (χ1) is 13.0. The molecule has 1 aromatic heterocycles. The smallest absolute Gasteiger partial charge is 0.409 e. The molecule has 0 aliphatic carbocycles. The number of hydrogen-bond acceptors (Lipinski definition) is 6. The molecule has 1 aliphatic heterocycles. The Morgan fingerprint density at radius 2 is 1.78 bits per heavy atom. The molecule has 0 atom stereocenters. The van der Waals surface area contributed by atoms with Gasteiger partial charge in [-0.2, -0.15) is 0 Å². The number of likely N-dealkylation sites (tertiary alicyclic amines) is 1. The molecule has 1 amide bonds. The average molecular weight is 369 g/mol. The number of aromatic nitrogens is 2. The van der Waals surface area contributed by atoms with Crippen molar-refractivity contribution in [1.29, 1.82) is 0 Å². The predicted molar refractivity (Wildman–Crippen MR) is 106 cm³/mol. The number of aryl methyl sites for hydroxylation is 2. The number of anilines is 3. The van der Waals surface area contributed by atoms with Gasteiger partial charge in [-0.25, -0.2) is 14.8 Å². The summed E-state index contributed by atoms with van der Waals surface area (Å²) in [4.78, 5) is 22.2. The Morgan fingerprint density at radius 1 is 1.11 bits per heavy atom. The zero-order valence-electron chi connectivity index (χ0n) is 16.2. The van der Waals surface area contributed by atoms with Gasteiger partial charge in [-0.05, 0) is 56.9 Å². The van der Waals surface area contributed by atoms with Crippen molar-refractivity contribution in [3.05, 3.63) is 41.7 Å². The van der Waals surface area contributed by atoms with Crippen molar-refractivity contribution in [2.45, 2.75) is 39.7 Å². The monoisotopic (exact) mass is 369 g/mol. The lowest BCUT2D eigenvalue weighted by Crippen LogP contribution is -2.42. The molecule has 2 N–H and O–H groups in total. The number of nitrogens with one attached hydrogen (secondary N) is 2. The number of carbonyl (C=O) groups is 1. The maximum absolute atomic E-state index is 11.8. The molecule has 0 saturated carbocycles. The minimum absolute atomic E-state index is 0.224. The molecule has 7 nitrogen and oxygen atoms in total. The van der Waals surface area contributed by atoms with Crippen molar-refractivity contribution in [2.75, 3.05) is 30.3 Å². The van der Waals surface area contributed by atoms with Gasteiger partial charge in [0, 0.05) is 30.9 Å². The van der Waals surface area contributed by atoms with Crippen LogP contribution in [-0.2, 0) is 4.74 Å². The van der Waals surface area contributed by atoms with E-state index in [2.05, 4.69) is 52.6 Å². The number of amides is 1. The molecule has 0 bridgehead atoms. The van der Waals surface area contributed by atoms with E-state index < -0.39 is 0 Å². The van der Waals surface area contributed by atoms with E-state index in [0.717, 1.165) is 30.2 Å². The van der Waals surface area contributed by atoms with E-state index in [-0.39, 0.29) is 12.1 Å². The van der Waals surface area contributed by atoms with Crippen molar-refractivity contribution in [2.24, 2.45) is 0 Å². The lowest BCUT2D eigenvalue weighted by molar-refractivity contribution is 0.0983. The van der Waals surface area contributed by atoms with Crippen LogP contribution in [-0.4, -0.2) is 46.7 Å². The van der Waals surface area contributed by atoms with E-state index in [9.17, 15) is 4.79 Å². The van der Waals surface area contributed by atoms with Gasteiger partial charge in [-0.15, -0.1) is 0 Å². The molecular weight excluding hydrogens is 342 g/mol. The molecule has 1 saturated heterocycles. The summed E-state index contributed by atoms with van der Waals surface area (Å²) in [6, 6.07) is 8.51. The first kappa shape index (κ1) is 18.9. The quantitative estimate of drug-likeness (QED) is 0.833. The minimum atomic E-state index is -0.224. The summed E-state index contributed by atoms with van der Waals surface area (Å²) in [5, 5.41) is 6.79. The minimum Gasteiger partial charge on any atom is -0.450 e. The van der Waals surface area contributed by atoms with Crippen LogP contribution in [0.2, 0.25) is 0 Å². The van der Waals surface area contributed by atoms with Crippen molar-refractivity contribution in [1.82, 2.24) is 14.9 Å². The fourth-order valence-electron chi connectivity index (χ4n) is 3.33. The van der Waals surface area contributed by atoms with E-state index in [0.29, 0.717) is 19.7 Å². The summed E-state index contributed by atoms with van der Waals surface area (Å²) >= 11 is 0. The second-order valence-electron chi connectivity index (χ2n) is 6.89. The highest BCUT2D eigenvalue weighted by Crippen LogP contribution is 2.21. The van der Waals surface area contributed by atoms with Crippen LogP contribution in [0.4, 0.5) is 22.1 Å². The van der Waals surface area contributed by atoms with Crippen molar-refractivity contribution in [3.8, 4) is 0 Å². The molecule has 0 radical (unpaired) electrons. The van der Waals surface area contributed by atoms with Crippen molar-refractivity contribution >= 4 is 23.4 Å². The van der Waals surface area contributed by atoms with Gasteiger partial charge < -0.3 is 20.3 Å². The summed E-state index contributed by atoms with van der Waals surface area (Å²) in [6.07, 6.45) is 3.06. The molecule has 2 aromatic rings. The number of benzene rings is 1. The van der Waals surface area contributed by atoms with Crippen molar-refractivity contribution < 1.29 is 9.53 Å². The fourth-order valence-corrected chi connectivity index (χ4v) is 3.33. The molecule has 1 aliphatic rings. The average Bonchev–Trinajstić information content (AvgIpc) is 2.62. The summed E-state index contributed by atoms with van der Waals surface area (Å²) in [5.41, 5.74) is 3.43. The topological polar surface area (TPSA) is 79.4 Å². The standard InChI is InChI=1S/C20H27N5O2/c1-4-27-20(26)25-7-5-16(6-8-25)23-18-12-19(22-13-21-18)24-17-10-14(2)9-15(3)11-17/h9-13,16H,4-8H2,1-3H3,(H2,21,22,23,24). The molecule has 144 valence electrons. The number of hydrogen-bond donors (Lipinski definition) is 2. The first-order valence-electron chi connectivity index (χ1n) is 9.39. The van der Waals surface area contributed by atoms with E-state index in [1.165, 1.54) is 11.1 Å². The zero-order valence-corrected chi connectivity index (χ0v) is 16.2. The van der Waals surface area contributed by atoms with Gasteiger partial charge in [-0.3, -0.25) is 0 Å². The molecule has 27 heavy (non-hydrogen) atoms. The lowest BCUT2D eigenvalue weighted by Gasteiger charge is -2.31. The highest BCUT2D eigenvalue weighted by atomic mass is 16.6. The van der Waals surface area contributed by atoms with E-state index >= 15 is 0 Å². The van der Waals surface area contributed by atoms with Gasteiger partial charge in [0.2, 0.25) is 0 Å². The summed E-state index contributed by atoms with van der Waals surface area (Å²) in [6.45, 7) is 7.77. The van der Waals surface area contributed by atoms with Crippen molar-refractivity contribution in [3.63, 3.8) is 0 Å². The van der Waals surface area contributed by atoms with Gasteiger partial charge >= 0.3 is 6.09 Å². The molecule has 0 spiro atoms. The first-order valence-corrected chi connectivity index (χ1v) is 9.39. The SMILES string of the molecule is CCOC(=O)N1CCC(Nc2cc(Nc3cc(C)cc(C)c3)ncn2)CC1. The van der Waals surface area contributed by atoms with Gasteiger partial charge in [0.25, 0.3) is 0 Å². The number of carbonyl (C=O) groups excluding carboxylic acids is 1. The summed E-state index contributed by atoms with van der Waals surface area (Å²) in [5.74, 6) is 1.54. The zero-order chi connectivity index (χ0) is 19.2. The second-order valence-corrected chi connectivity index (χ2v) is 6.89. The summed E-state index contributed by atoms with van der Waals surface area (Å²) < 4.78 is 5.06. The maximum atomic E-state index is 11.8.